The zero-order valence-electron chi connectivity index (χ0n) is 9.24. The van der Waals surface area contributed by atoms with Gasteiger partial charge in [0.15, 0.2) is 0 Å². The molecule has 0 bridgehead atoms. The van der Waals surface area contributed by atoms with E-state index in [0.717, 1.165) is 18.7 Å². The molecule has 1 aliphatic heterocycles. The molecule has 16 heavy (non-hydrogen) atoms. The molecule has 0 radical (unpaired) electrons. The van der Waals surface area contributed by atoms with Crippen LogP contribution in [-0.4, -0.2) is 19.0 Å². The van der Waals surface area contributed by atoms with E-state index < -0.39 is 0 Å². The zero-order chi connectivity index (χ0) is 11.7. The van der Waals surface area contributed by atoms with Gasteiger partial charge in [0, 0.05) is 29.7 Å². The molecule has 3 nitrogen and oxygen atoms in total. The molecule has 0 saturated carbocycles. The van der Waals surface area contributed by atoms with Gasteiger partial charge in [0.1, 0.15) is 0 Å². The molecule has 1 aliphatic rings. The SMILES string of the molecule is CC(CN)C(=O)N1CCc2ccc(Cl)cc21. The van der Waals surface area contributed by atoms with Gasteiger partial charge in [-0.25, -0.2) is 0 Å². The van der Waals surface area contributed by atoms with Crippen molar-refractivity contribution in [2.45, 2.75) is 13.3 Å². The number of nitrogens with two attached hydrogens (primary N) is 1. The molecular weight excluding hydrogens is 224 g/mol. The lowest BCUT2D eigenvalue weighted by Crippen LogP contribution is -2.36. The molecule has 86 valence electrons. The Balaban J connectivity index is 2.29. The molecular formula is C12H15ClN2O. The minimum absolute atomic E-state index is 0.0866. The summed E-state index contributed by atoms with van der Waals surface area (Å²) in [7, 11) is 0. The first-order chi connectivity index (χ1) is 7.63. The second-order valence-electron chi connectivity index (χ2n) is 4.15. The maximum absolute atomic E-state index is 12.1. The smallest absolute Gasteiger partial charge is 0.231 e. The van der Waals surface area contributed by atoms with Crippen LogP contribution in [0.1, 0.15) is 12.5 Å². The third kappa shape index (κ3) is 1.93. The summed E-state index contributed by atoms with van der Waals surface area (Å²) in [5.74, 6) is -0.0477. The second-order valence-corrected chi connectivity index (χ2v) is 4.59. The predicted octanol–water partition coefficient (Wildman–Crippen LogP) is 1.82. The van der Waals surface area contributed by atoms with Crippen LogP contribution >= 0.6 is 11.6 Å². The van der Waals surface area contributed by atoms with Crippen molar-refractivity contribution in [1.82, 2.24) is 0 Å². The van der Waals surface area contributed by atoms with E-state index in [2.05, 4.69) is 0 Å². The molecule has 1 aromatic carbocycles. The fourth-order valence-electron chi connectivity index (χ4n) is 1.95. The van der Waals surface area contributed by atoms with E-state index in [9.17, 15) is 4.79 Å². The molecule has 0 spiro atoms. The van der Waals surface area contributed by atoms with Crippen LogP contribution in [0.25, 0.3) is 0 Å². The molecule has 1 amide bonds. The highest BCUT2D eigenvalue weighted by Crippen LogP contribution is 2.31. The minimum atomic E-state index is -0.134. The van der Waals surface area contributed by atoms with Gasteiger partial charge in [0.25, 0.3) is 0 Å². The molecule has 4 heteroatoms. The largest absolute Gasteiger partial charge is 0.330 e. The van der Waals surface area contributed by atoms with Gasteiger partial charge in [-0.15, -0.1) is 0 Å². The molecule has 0 aliphatic carbocycles. The van der Waals surface area contributed by atoms with E-state index in [1.54, 1.807) is 4.90 Å². The van der Waals surface area contributed by atoms with Crippen molar-refractivity contribution in [3.05, 3.63) is 28.8 Å². The molecule has 0 fully saturated rings. The van der Waals surface area contributed by atoms with Gasteiger partial charge in [-0.05, 0) is 24.1 Å². The lowest BCUT2D eigenvalue weighted by Gasteiger charge is -2.20. The number of benzene rings is 1. The maximum Gasteiger partial charge on any atom is 0.231 e. The standard InChI is InChI=1S/C12H15ClN2O/c1-8(7-14)12(16)15-5-4-9-2-3-10(13)6-11(9)15/h2-3,6,8H,4-5,7,14H2,1H3. The molecule has 2 rings (SSSR count). The Morgan fingerprint density at radius 3 is 3.06 bits per heavy atom. The van der Waals surface area contributed by atoms with Crippen molar-refractivity contribution in [1.29, 1.82) is 0 Å². The van der Waals surface area contributed by atoms with Gasteiger partial charge in [-0.2, -0.15) is 0 Å². The number of hydrogen-bond donors (Lipinski definition) is 1. The Morgan fingerprint density at radius 1 is 1.62 bits per heavy atom. The van der Waals surface area contributed by atoms with Crippen LogP contribution in [0.3, 0.4) is 0 Å². The third-order valence-electron chi connectivity index (χ3n) is 2.98. The van der Waals surface area contributed by atoms with E-state index in [4.69, 9.17) is 17.3 Å². The molecule has 1 unspecified atom stereocenters. The number of carbonyl (C=O) groups excluding carboxylic acids is 1. The summed E-state index contributed by atoms with van der Waals surface area (Å²) >= 11 is 5.94. The van der Waals surface area contributed by atoms with Gasteiger partial charge >= 0.3 is 0 Å². The number of anilines is 1. The zero-order valence-corrected chi connectivity index (χ0v) is 10.00. The summed E-state index contributed by atoms with van der Waals surface area (Å²) < 4.78 is 0. The van der Waals surface area contributed by atoms with Gasteiger partial charge in [0.2, 0.25) is 5.91 Å². The summed E-state index contributed by atoms with van der Waals surface area (Å²) in [5, 5.41) is 0.666. The third-order valence-corrected chi connectivity index (χ3v) is 3.22. The molecule has 1 heterocycles. The average molecular weight is 239 g/mol. The summed E-state index contributed by atoms with van der Waals surface area (Å²) in [6, 6.07) is 5.70. The van der Waals surface area contributed by atoms with Crippen LogP contribution in [-0.2, 0) is 11.2 Å². The van der Waals surface area contributed by atoms with E-state index in [0.29, 0.717) is 11.6 Å². The number of rotatable bonds is 2. The minimum Gasteiger partial charge on any atom is -0.330 e. The Hall–Kier alpha value is -1.06. The first kappa shape index (κ1) is 11.4. The van der Waals surface area contributed by atoms with Crippen LogP contribution in [0.4, 0.5) is 5.69 Å². The van der Waals surface area contributed by atoms with Crippen LogP contribution in [0.2, 0.25) is 5.02 Å². The molecule has 1 atom stereocenters. The predicted molar refractivity (Wildman–Crippen MR) is 65.7 cm³/mol. The van der Waals surface area contributed by atoms with Crippen molar-refractivity contribution in [2.75, 3.05) is 18.0 Å². The fraction of sp³-hybridized carbons (Fsp3) is 0.417. The first-order valence-corrected chi connectivity index (χ1v) is 5.81. The topological polar surface area (TPSA) is 46.3 Å². The van der Waals surface area contributed by atoms with Gasteiger partial charge in [0.05, 0.1) is 0 Å². The summed E-state index contributed by atoms with van der Waals surface area (Å²) in [6.07, 6.45) is 0.898. The Labute approximate surface area is 100 Å². The Bertz CT molecular complexity index is 419. The van der Waals surface area contributed by atoms with Crippen LogP contribution in [0.5, 0.6) is 0 Å². The van der Waals surface area contributed by atoms with Gasteiger partial charge in [-0.1, -0.05) is 24.6 Å². The van der Waals surface area contributed by atoms with Crippen LogP contribution in [0.15, 0.2) is 18.2 Å². The summed E-state index contributed by atoms with van der Waals surface area (Å²) in [5.41, 5.74) is 7.64. The highest BCUT2D eigenvalue weighted by molar-refractivity contribution is 6.31. The van der Waals surface area contributed by atoms with E-state index >= 15 is 0 Å². The van der Waals surface area contributed by atoms with Crippen molar-refractivity contribution in [3.63, 3.8) is 0 Å². The number of nitrogens with zero attached hydrogens (tertiary/aromatic N) is 1. The molecule has 2 N–H and O–H groups in total. The number of hydrogen-bond acceptors (Lipinski definition) is 2. The number of amides is 1. The summed E-state index contributed by atoms with van der Waals surface area (Å²) in [6.45, 7) is 2.97. The van der Waals surface area contributed by atoms with E-state index in [1.807, 2.05) is 25.1 Å². The fourth-order valence-corrected chi connectivity index (χ4v) is 2.11. The quantitative estimate of drug-likeness (QED) is 0.855. The van der Waals surface area contributed by atoms with Crippen molar-refractivity contribution >= 4 is 23.2 Å². The number of fused-ring (bicyclic) bond motifs is 1. The Morgan fingerprint density at radius 2 is 2.38 bits per heavy atom. The highest BCUT2D eigenvalue weighted by atomic mass is 35.5. The van der Waals surface area contributed by atoms with Crippen molar-refractivity contribution in [3.8, 4) is 0 Å². The molecule has 0 aromatic heterocycles. The lowest BCUT2D eigenvalue weighted by molar-refractivity contribution is -0.121. The maximum atomic E-state index is 12.1. The number of halogens is 1. The monoisotopic (exact) mass is 238 g/mol. The van der Waals surface area contributed by atoms with Crippen LogP contribution in [0, 0.1) is 5.92 Å². The first-order valence-electron chi connectivity index (χ1n) is 5.43. The molecule has 1 aromatic rings. The van der Waals surface area contributed by atoms with Crippen molar-refractivity contribution in [2.24, 2.45) is 11.7 Å². The van der Waals surface area contributed by atoms with Crippen LogP contribution < -0.4 is 10.6 Å². The van der Waals surface area contributed by atoms with Crippen molar-refractivity contribution < 1.29 is 4.79 Å². The van der Waals surface area contributed by atoms with E-state index in [-0.39, 0.29) is 11.8 Å². The summed E-state index contributed by atoms with van der Waals surface area (Å²) in [4.78, 5) is 13.8. The second kappa shape index (κ2) is 4.44. The van der Waals surface area contributed by atoms with E-state index in [1.165, 1.54) is 5.56 Å². The van der Waals surface area contributed by atoms with Gasteiger partial charge in [-0.3, -0.25) is 4.79 Å². The normalized spacial score (nSPS) is 16.1. The molecule has 0 saturated heterocycles. The number of carbonyl (C=O) groups is 1. The average Bonchev–Trinajstić information content (AvgIpc) is 2.69. The van der Waals surface area contributed by atoms with Gasteiger partial charge < -0.3 is 10.6 Å². The highest BCUT2D eigenvalue weighted by Gasteiger charge is 2.27. The lowest BCUT2D eigenvalue weighted by atomic mass is 10.1. The Kier molecular flexibility index (Phi) is 3.17.